The molecule has 3 heteroatoms. The monoisotopic (exact) mass is 269 g/mol. The van der Waals surface area contributed by atoms with Crippen molar-refractivity contribution in [1.82, 2.24) is 4.90 Å². The molecular formula is C15H24ClNO. The van der Waals surface area contributed by atoms with E-state index in [1.807, 2.05) is 12.1 Å². The van der Waals surface area contributed by atoms with Gasteiger partial charge in [0.1, 0.15) is 5.75 Å². The van der Waals surface area contributed by atoms with E-state index in [0.29, 0.717) is 5.75 Å². The van der Waals surface area contributed by atoms with E-state index in [0.717, 1.165) is 13.0 Å². The smallest absolute Gasteiger partial charge is 0.115 e. The third-order valence-corrected chi connectivity index (χ3v) is 4.15. The number of nitrogens with zero attached hydrogens (tertiary/aromatic N) is 1. The van der Waals surface area contributed by atoms with Crippen LogP contribution < -0.4 is 0 Å². The second kappa shape index (κ2) is 6.44. The van der Waals surface area contributed by atoms with Crippen molar-refractivity contribution < 1.29 is 5.11 Å². The summed E-state index contributed by atoms with van der Waals surface area (Å²) in [5.41, 5.74) is 1.53. The van der Waals surface area contributed by atoms with E-state index in [1.54, 1.807) is 6.07 Å². The largest absolute Gasteiger partial charge is 0.508 e. The molecule has 2 rings (SSSR count). The van der Waals surface area contributed by atoms with Gasteiger partial charge in [-0.15, -0.1) is 12.4 Å². The molecule has 0 aliphatic carbocycles. The number of likely N-dealkylation sites (N-methyl/N-ethyl adjacent to an activating group) is 1. The fourth-order valence-corrected chi connectivity index (χ4v) is 3.08. The van der Waals surface area contributed by atoms with Gasteiger partial charge in [0.15, 0.2) is 0 Å². The van der Waals surface area contributed by atoms with Crippen LogP contribution >= 0.6 is 12.4 Å². The van der Waals surface area contributed by atoms with Crippen molar-refractivity contribution in [2.75, 3.05) is 20.1 Å². The minimum atomic E-state index is 0. The zero-order valence-corrected chi connectivity index (χ0v) is 12.2. The van der Waals surface area contributed by atoms with Crippen molar-refractivity contribution in [2.24, 2.45) is 0 Å². The summed E-state index contributed by atoms with van der Waals surface area (Å²) >= 11 is 0. The van der Waals surface area contributed by atoms with Crippen LogP contribution in [0.2, 0.25) is 0 Å². The number of hydrogen-bond donors (Lipinski definition) is 1. The molecule has 0 amide bonds. The Morgan fingerprint density at radius 2 is 2.11 bits per heavy atom. The molecule has 102 valence electrons. The molecule has 0 saturated carbocycles. The van der Waals surface area contributed by atoms with Gasteiger partial charge in [0.05, 0.1) is 0 Å². The highest BCUT2D eigenvalue weighted by Gasteiger charge is 2.33. The lowest BCUT2D eigenvalue weighted by Gasteiger charge is -2.35. The summed E-state index contributed by atoms with van der Waals surface area (Å²) in [4.78, 5) is 2.43. The van der Waals surface area contributed by atoms with E-state index in [4.69, 9.17) is 0 Å². The van der Waals surface area contributed by atoms with Crippen molar-refractivity contribution in [3.05, 3.63) is 29.8 Å². The maximum atomic E-state index is 9.68. The Morgan fingerprint density at radius 3 is 2.78 bits per heavy atom. The van der Waals surface area contributed by atoms with Gasteiger partial charge < -0.3 is 10.0 Å². The van der Waals surface area contributed by atoms with Gasteiger partial charge in [-0.2, -0.15) is 0 Å². The lowest BCUT2D eigenvalue weighted by atomic mass is 9.74. The Labute approximate surface area is 116 Å². The third-order valence-electron chi connectivity index (χ3n) is 4.15. The Balaban J connectivity index is 0.00000162. The predicted molar refractivity (Wildman–Crippen MR) is 78.7 cm³/mol. The molecular weight excluding hydrogens is 246 g/mol. The quantitative estimate of drug-likeness (QED) is 0.887. The summed E-state index contributed by atoms with van der Waals surface area (Å²) < 4.78 is 0. The minimum Gasteiger partial charge on any atom is -0.508 e. The SMILES string of the molecule is CC[C@]1(c2cccc(O)c2)CCCCN(C)C1.Cl. The highest BCUT2D eigenvalue weighted by Crippen LogP contribution is 2.37. The average Bonchev–Trinajstić information content (AvgIpc) is 2.52. The van der Waals surface area contributed by atoms with Crippen LogP contribution in [0.4, 0.5) is 0 Å². The summed E-state index contributed by atoms with van der Waals surface area (Å²) in [6.45, 7) is 4.57. The fraction of sp³-hybridized carbons (Fsp3) is 0.600. The topological polar surface area (TPSA) is 23.5 Å². The first-order valence-electron chi connectivity index (χ1n) is 6.64. The standard InChI is InChI=1S/C15H23NO.ClH/c1-3-15(9-4-5-10-16(2)12-15)13-7-6-8-14(17)11-13;/h6-8,11,17H,3-5,9-10,12H2,1-2H3;1H/t15-;/m0./s1. The Bertz CT molecular complexity index is 383. The first-order chi connectivity index (χ1) is 8.16. The van der Waals surface area contributed by atoms with Crippen molar-refractivity contribution in [2.45, 2.75) is 38.0 Å². The Kier molecular flexibility index (Phi) is 5.48. The van der Waals surface area contributed by atoms with Crippen LogP contribution in [0.1, 0.15) is 38.2 Å². The van der Waals surface area contributed by atoms with E-state index in [9.17, 15) is 5.11 Å². The molecule has 0 radical (unpaired) electrons. The number of aromatic hydroxyl groups is 1. The summed E-state index contributed by atoms with van der Waals surface area (Å²) in [5, 5.41) is 9.68. The van der Waals surface area contributed by atoms with Crippen molar-refractivity contribution in [1.29, 1.82) is 0 Å². The first kappa shape index (κ1) is 15.3. The van der Waals surface area contributed by atoms with Gasteiger partial charge in [-0.1, -0.05) is 25.5 Å². The number of benzene rings is 1. The van der Waals surface area contributed by atoms with Gasteiger partial charge in [0.25, 0.3) is 0 Å². The average molecular weight is 270 g/mol. The molecule has 1 aliphatic rings. The molecule has 0 aromatic heterocycles. The molecule has 1 atom stereocenters. The molecule has 0 spiro atoms. The first-order valence-corrected chi connectivity index (χ1v) is 6.64. The fourth-order valence-electron chi connectivity index (χ4n) is 3.08. The molecule has 18 heavy (non-hydrogen) atoms. The number of likely N-dealkylation sites (tertiary alicyclic amines) is 1. The lowest BCUT2D eigenvalue weighted by molar-refractivity contribution is 0.256. The number of phenolic OH excluding ortho intramolecular Hbond substituents is 1. The van der Waals surface area contributed by atoms with E-state index >= 15 is 0 Å². The van der Waals surface area contributed by atoms with Gasteiger partial charge in [-0.25, -0.2) is 0 Å². The van der Waals surface area contributed by atoms with E-state index in [2.05, 4.69) is 24.9 Å². The van der Waals surface area contributed by atoms with Crippen LogP contribution in [0.5, 0.6) is 5.75 Å². The number of hydrogen-bond acceptors (Lipinski definition) is 2. The summed E-state index contributed by atoms with van der Waals surface area (Å²) in [7, 11) is 2.21. The molecule has 0 bridgehead atoms. The van der Waals surface area contributed by atoms with Crippen LogP contribution in [0.25, 0.3) is 0 Å². The van der Waals surface area contributed by atoms with Gasteiger partial charge in [0, 0.05) is 12.0 Å². The van der Waals surface area contributed by atoms with Gasteiger partial charge in [-0.05, 0) is 50.6 Å². The number of phenols is 1. The molecule has 1 fully saturated rings. The van der Waals surface area contributed by atoms with Crippen LogP contribution in [0.3, 0.4) is 0 Å². The van der Waals surface area contributed by atoms with Crippen molar-refractivity contribution in [3.8, 4) is 5.75 Å². The van der Waals surface area contributed by atoms with Crippen LogP contribution in [0, 0.1) is 0 Å². The molecule has 1 aliphatic heterocycles. The van der Waals surface area contributed by atoms with E-state index in [1.165, 1.54) is 31.4 Å². The Morgan fingerprint density at radius 1 is 1.33 bits per heavy atom. The normalized spacial score (nSPS) is 25.2. The summed E-state index contributed by atoms with van der Waals surface area (Å²) in [5.74, 6) is 0.391. The summed E-state index contributed by atoms with van der Waals surface area (Å²) in [6, 6.07) is 7.84. The van der Waals surface area contributed by atoms with Gasteiger partial charge >= 0.3 is 0 Å². The number of halogens is 1. The molecule has 1 heterocycles. The number of rotatable bonds is 2. The third kappa shape index (κ3) is 3.18. The van der Waals surface area contributed by atoms with Gasteiger partial charge in [-0.3, -0.25) is 0 Å². The highest BCUT2D eigenvalue weighted by atomic mass is 35.5. The van der Waals surface area contributed by atoms with E-state index in [-0.39, 0.29) is 17.8 Å². The zero-order valence-electron chi connectivity index (χ0n) is 11.4. The van der Waals surface area contributed by atoms with Gasteiger partial charge in [0.2, 0.25) is 0 Å². The zero-order chi connectivity index (χ0) is 12.3. The molecule has 1 aromatic rings. The van der Waals surface area contributed by atoms with Crippen molar-refractivity contribution >= 4 is 12.4 Å². The predicted octanol–water partition coefficient (Wildman–Crippen LogP) is 3.58. The second-order valence-electron chi connectivity index (χ2n) is 5.38. The molecule has 1 aromatic carbocycles. The Hall–Kier alpha value is -0.730. The minimum absolute atomic E-state index is 0. The maximum Gasteiger partial charge on any atom is 0.115 e. The van der Waals surface area contributed by atoms with Crippen LogP contribution in [0.15, 0.2) is 24.3 Å². The van der Waals surface area contributed by atoms with E-state index < -0.39 is 0 Å². The molecule has 1 N–H and O–H groups in total. The highest BCUT2D eigenvalue weighted by molar-refractivity contribution is 5.85. The van der Waals surface area contributed by atoms with Crippen LogP contribution in [-0.4, -0.2) is 30.1 Å². The van der Waals surface area contributed by atoms with Crippen molar-refractivity contribution in [3.63, 3.8) is 0 Å². The molecule has 1 saturated heterocycles. The molecule has 0 unspecified atom stereocenters. The molecule has 2 nitrogen and oxygen atoms in total. The second-order valence-corrected chi connectivity index (χ2v) is 5.38. The lowest BCUT2D eigenvalue weighted by Crippen LogP contribution is -2.37. The summed E-state index contributed by atoms with van der Waals surface area (Å²) in [6.07, 6.45) is 4.95. The van der Waals surface area contributed by atoms with Crippen LogP contribution in [-0.2, 0) is 5.41 Å². The maximum absolute atomic E-state index is 9.68.